The van der Waals surface area contributed by atoms with Crippen molar-refractivity contribution in [2.75, 3.05) is 0 Å². The number of benzene rings is 3. The lowest BCUT2D eigenvalue weighted by Crippen LogP contribution is -1.90. The second kappa shape index (κ2) is 6.21. The summed E-state index contributed by atoms with van der Waals surface area (Å²) in [6, 6.07) is 24.9. The number of fused-ring (bicyclic) bond motifs is 3. The van der Waals surface area contributed by atoms with Gasteiger partial charge in [0.05, 0.1) is 5.69 Å². The molecule has 0 spiro atoms. The molecule has 0 N–H and O–H groups in total. The Morgan fingerprint density at radius 3 is 2.42 bits per heavy atom. The third-order valence-corrected chi connectivity index (χ3v) is 5.02. The maximum atomic E-state index is 6.02. The van der Waals surface area contributed by atoms with E-state index in [0.29, 0.717) is 0 Å². The van der Waals surface area contributed by atoms with Crippen LogP contribution in [-0.4, -0.2) is 9.97 Å². The van der Waals surface area contributed by atoms with Gasteiger partial charge in [-0.25, -0.2) is 9.97 Å². The van der Waals surface area contributed by atoms with Gasteiger partial charge in [-0.1, -0.05) is 42.5 Å². The molecule has 0 aliphatic heterocycles. The molecule has 0 saturated carbocycles. The summed E-state index contributed by atoms with van der Waals surface area (Å²) in [7, 11) is 0. The molecule has 0 atom stereocenters. The van der Waals surface area contributed by atoms with Crippen molar-refractivity contribution in [2.24, 2.45) is 0 Å². The first kappa shape index (κ1) is 15.5. The summed E-state index contributed by atoms with van der Waals surface area (Å²) in [4.78, 5) is 8.68. The van der Waals surface area contributed by atoms with Crippen molar-refractivity contribution in [3.8, 4) is 22.4 Å². The molecule has 4 heteroatoms. The van der Waals surface area contributed by atoms with E-state index in [1.807, 2.05) is 24.3 Å². The minimum Gasteiger partial charge on any atom is -0.456 e. The summed E-state index contributed by atoms with van der Waals surface area (Å²) in [6.45, 7) is 0. The lowest BCUT2D eigenvalue weighted by Gasteiger charge is -2.06. The van der Waals surface area contributed by atoms with Crippen molar-refractivity contribution in [3.05, 3.63) is 82.8 Å². The number of hydrogen-bond donors (Lipinski definition) is 0. The van der Waals surface area contributed by atoms with E-state index in [0.717, 1.165) is 48.2 Å². The van der Waals surface area contributed by atoms with Gasteiger partial charge in [0.2, 0.25) is 0 Å². The second-order valence-electron chi connectivity index (χ2n) is 6.10. The van der Waals surface area contributed by atoms with Crippen LogP contribution in [-0.2, 0) is 0 Å². The predicted molar refractivity (Wildman–Crippen MR) is 113 cm³/mol. The fourth-order valence-corrected chi connectivity index (χ4v) is 3.68. The van der Waals surface area contributed by atoms with E-state index in [4.69, 9.17) is 4.42 Å². The number of rotatable bonds is 2. The largest absolute Gasteiger partial charge is 0.456 e. The van der Waals surface area contributed by atoms with Gasteiger partial charge in [-0.3, -0.25) is 0 Å². The molecule has 124 valence electrons. The molecule has 5 aromatic rings. The molecule has 3 nitrogen and oxygen atoms in total. The highest BCUT2D eigenvalue weighted by atomic mass is 127. The van der Waals surface area contributed by atoms with Gasteiger partial charge < -0.3 is 4.42 Å². The van der Waals surface area contributed by atoms with Crippen molar-refractivity contribution in [3.63, 3.8) is 0 Å². The summed E-state index contributed by atoms with van der Waals surface area (Å²) >= 11 is 2.13. The maximum absolute atomic E-state index is 6.02. The van der Waals surface area contributed by atoms with Crippen LogP contribution in [0.5, 0.6) is 0 Å². The van der Waals surface area contributed by atoms with Crippen molar-refractivity contribution in [1.29, 1.82) is 0 Å². The van der Waals surface area contributed by atoms with Crippen LogP contribution in [0.15, 0.2) is 83.4 Å². The van der Waals surface area contributed by atoms with Gasteiger partial charge >= 0.3 is 0 Å². The molecule has 26 heavy (non-hydrogen) atoms. The van der Waals surface area contributed by atoms with Crippen molar-refractivity contribution in [2.45, 2.75) is 0 Å². The third-order valence-electron chi connectivity index (χ3n) is 4.50. The quantitative estimate of drug-likeness (QED) is 0.235. The molecular weight excluding hydrogens is 435 g/mol. The smallest absolute Gasteiger partial charge is 0.191 e. The summed E-state index contributed by atoms with van der Waals surface area (Å²) in [6.07, 6.45) is 1.79. The topological polar surface area (TPSA) is 38.9 Å². The molecule has 0 fully saturated rings. The van der Waals surface area contributed by atoms with Crippen LogP contribution >= 0.6 is 22.6 Å². The number of para-hydroxylation sites is 1. The molecule has 0 radical (unpaired) electrons. The van der Waals surface area contributed by atoms with Crippen LogP contribution in [0, 0.1) is 3.83 Å². The molecule has 5 rings (SSSR count). The number of halogens is 1. The minimum absolute atomic E-state index is 0.745. The summed E-state index contributed by atoms with van der Waals surface area (Å²) in [5.41, 5.74) is 6.10. The molecule has 0 unspecified atom stereocenters. The summed E-state index contributed by atoms with van der Waals surface area (Å²) in [5.74, 6) is 0. The van der Waals surface area contributed by atoms with Gasteiger partial charge in [0.15, 0.2) is 3.83 Å². The van der Waals surface area contributed by atoms with E-state index in [9.17, 15) is 0 Å². The molecule has 0 amide bonds. The van der Waals surface area contributed by atoms with Crippen LogP contribution in [0.1, 0.15) is 0 Å². The Balaban J connectivity index is 1.63. The van der Waals surface area contributed by atoms with E-state index < -0.39 is 0 Å². The van der Waals surface area contributed by atoms with Gasteiger partial charge in [0, 0.05) is 45.1 Å². The van der Waals surface area contributed by atoms with E-state index >= 15 is 0 Å². The van der Waals surface area contributed by atoms with Crippen molar-refractivity contribution in [1.82, 2.24) is 9.97 Å². The Morgan fingerprint density at radius 1 is 0.692 bits per heavy atom. The van der Waals surface area contributed by atoms with Crippen LogP contribution in [0.2, 0.25) is 0 Å². The first-order chi connectivity index (χ1) is 12.8. The maximum Gasteiger partial charge on any atom is 0.191 e. The lowest BCUT2D eigenvalue weighted by molar-refractivity contribution is 0.669. The molecule has 0 bridgehead atoms. The second-order valence-corrected chi connectivity index (χ2v) is 7.07. The highest BCUT2D eigenvalue weighted by Gasteiger charge is 2.09. The SMILES string of the molecule is Ic1nccc(-c2cccc(-c3ccc4c(c3)oc3ccccc34)c2)n1. The van der Waals surface area contributed by atoms with Gasteiger partial charge in [-0.2, -0.15) is 0 Å². The number of aromatic nitrogens is 2. The number of nitrogens with zero attached hydrogens (tertiary/aromatic N) is 2. The van der Waals surface area contributed by atoms with Crippen LogP contribution in [0.4, 0.5) is 0 Å². The van der Waals surface area contributed by atoms with Crippen LogP contribution in [0.3, 0.4) is 0 Å². The van der Waals surface area contributed by atoms with E-state index in [2.05, 4.69) is 81.1 Å². The average molecular weight is 448 g/mol. The van der Waals surface area contributed by atoms with Crippen molar-refractivity contribution < 1.29 is 4.42 Å². The average Bonchev–Trinajstić information content (AvgIpc) is 3.06. The van der Waals surface area contributed by atoms with E-state index in [-0.39, 0.29) is 0 Å². The Hall–Kier alpha value is -2.73. The molecule has 0 aliphatic rings. The zero-order valence-electron chi connectivity index (χ0n) is 13.7. The zero-order valence-corrected chi connectivity index (χ0v) is 15.8. The summed E-state index contributed by atoms with van der Waals surface area (Å²) in [5, 5.41) is 2.30. The Kier molecular flexibility index (Phi) is 3.71. The number of hydrogen-bond acceptors (Lipinski definition) is 3. The van der Waals surface area contributed by atoms with Gasteiger partial charge in [0.1, 0.15) is 11.2 Å². The van der Waals surface area contributed by atoms with Gasteiger partial charge in [0.25, 0.3) is 0 Å². The highest BCUT2D eigenvalue weighted by Crippen LogP contribution is 2.33. The number of furan rings is 1. The zero-order chi connectivity index (χ0) is 17.5. The lowest BCUT2D eigenvalue weighted by atomic mass is 10.0. The monoisotopic (exact) mass is 448 g/mol. The summed E-state index contributed by atoms with van der Waals surface area (Å²) < 4.78 is 6.77. The van der Waals surface area contributed by atoms with Crippen molar-refractivity contribution >= 4 is 44.5 Å². The Bertz CT molecular complexity index is 1260. The van der Waals surface area contributed by atoms with Crippen LogP contribution < -0.4 is 0 Å². The fraction of sp³-hybridized carbons (Fsp3) is 0. The first-order valence-electron chi connectivity index (χ1n) is 8.29. The molecule has 0 saturated heterocycles. The minimum atomic E-state index is 0.745. The molecule has 2 aromatic heterocycles. The van der Waals surface area contributed by atoms with Gasteiger partial charge in [-0.15, -0.1) is 0 Å². The molecule has 3 aromatic carbocycles. The molecular formula is C22H13IN2O. The first-order valence-corrected chi connectivity index (χ1v) is 9.36. The third kappa shape index (κ3) is 2.66. The normalized spacial score (nSPS) is 11.3. The fourth-order valence-electron chi connectivity index (χ4n) is 3.26. The van der Waals surface area contributed by atoms with Crippen LogP contribution in [0.25, 0.3) is 44.3 Å². The van der Waals surface area contributed by atoms with E-state index in [1.165, 1.54) is 0 Å². The predicted octanol–water partition coefficient (Wildman–Crippen LogP) is 6.31. The Morgan fingerprint density at radius 2 is 1.50 bits per heavy atom. The standard InChI is InChI=1S/C22H13IN2O/c23-22-24-11-10-19(25-22)16-5-3-4-14(12-16)15-8-9-18-17-6-1-2-7-20(17)26-21(18)13-15/h1-13H. The highest BCUT2D eigenvalue weighted by molar-refractivity contribution is 14.1. The Labute approximate surface area is 163 Å². The van der Waals surface area contributed by atoms with E-state index in [1.54, 1.807) is 6.20 Å². The van der Waals surface area contributed by atoms with Gasteiger partial charge in [-0.05, 0) is 41.5 Å². The molecule has 2 heterocycles. The molecule has 0 aliphatic carbocycles.